The number of esters is 1. The number of hydrogen-bond donors (Lipinski definition) is 2. The monoisotopic (exact) mass is 588 g/mol. The van der Waals surface area contributed by atoms with Crippen LogP contribution in [-0.4, -0.2) is 60.8 Å². The minimum atomic E-state index is -4.80. The largest absolute Gasteiger partial charge is 0.573 e. The molecule has 0 spiro atoms. The quantitative estimate of drug-likeness (QED) is 0.371. The number of aromatic hydroxyl groups is 1. The van der Waals surface area contributed by atoms with Gasteiger partial charge in [0.25, 0.3) is 5.91 Å². The first kappa shape index (κ1) is 30.6. The predicted molar refractivity (Wildman–Crippen MR) is 144 cm³/mol. The van der Waals surface area contributed by atoms with Crippen molar-refractivity contribution < 1.29 is 46.8 Å². The highest BCUT2D eigenvalue weighted by Crippen LogP contribution is 2.31. The molecule has 9 nitrogen and oxygen atoms in total. The van der Waals surface area contributed by atoms with Crippen LogP contribution >= 0.6 is 0 Å². The average molecular weight is 589 g/mol. The molecule has 2 heterocycles. The number of hydrogen-bond acceptors (Lipinski definition) is 8. The third-order valence-electron chi connectivity index (χ3n) is 7.01. The van der Waals surface area contributed by atoms with E-state index in [0.29, 0.717) is 12.8 Å². The van der Waals surface area contributed by atoms with Crippen LogP contribution in [-0.2, 0) is 27.1 Å². The summed E-state index contributed by atoms with van der Waals surface area (Å²) < 4.78 is 58.6. The summed E-state index contributed by atoms with van der Waals surface area (Å²) in [7, 11) is 1.33. The lowest BCUT2D eigenvalue weighted by molar-refractivity contribution is -0.274. The fraction of sp³-hybridized carbons (Fsp3) is 0.367. The van der Waals surface area contributed by atoms with E-state index in [9.17, 15) is 27.9 Å². The molecule has 4 rings (SSSR count). The molecule has 1 fully saturated rings. The van der Waals surface area contributed by atoms with Gasteiger partial charge in [-0.3, -0.25) is 4.79 Å². The summed E-state index contributed by atoms with van der Waals surface area (Å²) in [6, 6.07) is 15.4. The number of ether oxygens (including phenoxy) is 4. The fourth-order valence-electron chi connectivity index (χ4n) is 4.92. The summed E-state index contributed by atoms with van der Waals surface area (Å²) >= 11 is 0. The van der Waals surface area contributed by atoms with Crippen molar-refractivity contribution >= 4 is 11.9 Å². The van der Waals surface area contributed by atoms with E-state index in [1.807, 2.05) is 30.3 Å². The van der Waals surface area contributed by atoms with Gasteiger partial charge < -0.3 is 29.4 Å². The van der Waals surface area contributed by atoms with Crippen molar-refractivity contribution in [1.82, 2.24) is 10.3 Å². The van der Waals surface area contributed by atoms with Gasteiger partial charge in [-0.05, 0) is 48.9 Å². The number of halogens is 3. The standard InChI is InChI=1S/C30H31F3N2O7/c1-18-23(15-20-8-10-22(11-9-20)42-30(31,32)33)21(14-19-6-4-3-5-7-19)16-40-17-24(29(38)41-18)35-28(37)26-27(36)25(39-2)12-13-34-26/h3-13,18,21,23-24,36H,14-17H2,1-2H3,(H,35,37)/t18-,21-,23-,24-/m0/s1. The van der Waals surface area contributed by atoms with Crippen molar-refractivity contribution in [3.63, 3.8) is 0 Å². The number of carbonyl (C=O) groups excluding carboxylic acids is 2. The molecular weight excluding hydrogens is 557 g/mol. The molecule has 0 saturated carbocycles. The normalized spacial score (nSPS) is 21.3. The van der Waals surface area contributed by atoms with E-state index >= 15 is 0 Å². The first-order chi connectivity index (χ1) is 20.0. The third kappa shape index (κ3) is 8.12. The maximum Gasteiger partial charge on any atom is 0.573 e. The Hall–Kier alpha value is -4.32. The van der Waals surface area contributed by atoms with Crippen molar-refractivity contribution in [1.29, 1.82) is 0 Å². The van der Waals surface area contributed by atoms with Gasteiger partial charge in [0.1, 0.15) is 11.9 Å². The van der Waals surface area contributed by atoms with Gasteiger partial charge in [0, 0.05) is 18.2 Å². The molecule has 2 aromatic carbocycles. The lowest BCUT2D eigenvalue weighted by Gasteiger charge is -2.31. The van der Waals surface area contributed by atoms with Gasteiger partial charge in [0.05, 0.1) is 20.3 Å². The zero-order valence-corrected chi connectivity index (χ0v) is 23.0. The van der Waals surface area contributed by atoms with Gasteiger partial charge >= 0.3 is 12.3 Å². The number of nitrogens with one attached hydrogen (secondary N) is 1. The Kier molecular flexibility index (Phi) is 9.89. The van der Waals surface area contributed by atoms with Crippen LogP contribution in [0.3, 0.4) is 0 Å². The summed E-state index contributed by atoms with van der Waals surface area (Å²) in [5.41, 5.74) is 1.43. The van der Waals surface area contributed by atoms with E-state index in [-0.39, 0.29) is 42.2 Å². The van der Waals surface area contributed by atoms with Gasteiger partial charge in [-0.2, -0.15) is 0 Å². The van der Waals surface area contributed by atoms with Crippen LogP contribution in [0.5, 0.6) is 17.2 Å². The maximum absolute atomic E-state index is 13.2. The second-order valence-corrected chi connectivity index (χ2v) is 9.93. The second kappa shape index (κ2) is 13.6. The van der Waals surface area contributed by atoms with Crippen LogP contribution in [0.25, 0.3) is 0 Å². The van der Waals surface area contributed by atoms with E-state index < -0.39 is 36.1 Å². The van der Waals surface area contributed by atoms with E-state index in [1.54, 1.807) is 19.1 Å². The molecule has 2 N–H and O–H groups in total. The molecule has 0 radical (unpaired) electrons. The lowest BCUT2D eigenvalue weighted by atomic mass is 9.80. The molecule has 12 heteroatoms. The SMILES string of the molecule is COc1ccnc(C(=O)N[C@H]2COC[C@H](Cc3ccccc3)[C@@H](Cc3ccc(OC(F)(F)F)cc3)[C@H](C)OC2=O)c1O. The Balaban J connectivity index is 1.54. The first-order valence-electron chi connectivity index (χ1n) is 13.2. The minimum absolute atomic E-state index is 0.0432. The maximum atomic E-state index is 13.2. The number of nitrogens with zero attached hydrogens (tertiary/aromatic N) is 1. The molecule has 3 aromatic rings. The van der Waals surface area contributed by atoms with E-state index in [1.165, 1.54) is 31.5 Å². The van der Waals surface area contributed by atoms with Crippen LogP contribution in [0.15, 0.2) is 66.9 Å². The average Bonchev–Trinajstić information content (AvgIpc) is 2.99. The van der Waals surface area contributed by atoms with Crippen molar-refractivity contribution in [3.05, 3.63) is 83.7 Å². The molecule has 1 saturated heterocycles. The summed E-state index contributed by atoms with van der Waals surface area (Å²) in [5, 5.41) is 12.8. The summed E-state index contributed by atoms with van der Waals surface area (Å²) in [6.07, 6.45) is -3.20. The predicted octanol–water partition coefficient (Wildman–Crippen LogP) is 4.47. The zero-order valence-electron chi connectivity index (χ0n) is 23.0. The van der Waals surface area contributed by atoms with Crippen molar-refractivity contribution in [2.24, 2.45) is 11.8 Å². The van der Waals surface area contributed by atoms with Crippen molar-refractivity contribution in [2.75, 3.05) is 20.3 Å². The van der Waals surface area contributed by atoms with Crippen LogP contribution < -0.4 is 14.8 Å². The van der Waals surface area contributed by atoms with Crippen LogP contribution in [0.2, 0.25) is 0 Å². The van der Waals surface area contributed by atoms with E-state index in [4.69, 9.17) is 14.2 Å². The van der Waals surface area contributed by atoms with Gasteiger partial charge in [-0.1, -0.05) is 42.5 Å². The molecule has 0 bridgehead atoms. The number of aromatic nitrogens is 1. The molecular formula is C30H31F3N2O7. The molecule has 4 atom stereocenters. The van der Waals surface area contributed by atoms with Crippen molar-refractivity contribution in [3.8, 4) is 17.2 Å². The number of rotatable bonds is 8. The highest BCUT2D eigenvalue weighted by atomic mass is 19.4. The van der Waals surface area contributed by atoms with Gasteiger partial charge in [-0.25, -0.2) is 9.78 Å². The highest BCUT2D eigenvalue weighted by Gasteiger charge is 2.36. The Labute approximate surface area is 240 Å². The molecule has 42 heavy (non-hydrogen) atoms. The lowest BCUT2D eigenvalue weighted by Crippen LogP contribution is -2.46. The van der Waals surface area contributed by atoms with Gasteiger partial charge in [0.15, 0.2) is 23.2 Å². The van der Waals surface area contributed by atoms with Crippen LogP contribution in [0.1, 0.15) is 28.5 Å². The van der Waals surface area contributed by atoms with Crippen LogP contribution in [0.4, 0.5) is 13.2 Å². The Bertz CT molecular complexity index is 1350. The molecule has 224 valence electrons. The number of pyridine rings is 1. The zero-order chi connectivity index (χ0) is 30.3. The van der Waals surface area contributed by atoms with Gasteiger partial charge in [0.2, 0.25) is 0 Å². The highest BCUT2D eigenvalue weighted by molar-refractivity contribution is 5.98. The Morgan fingerprint density at radius 2 is 1.74 bits per heavy atom. The number of methoxy groups -OCH3 is 1. The molecule has 1 amide bonds. The summed E-state index contributed by atoms with van der Waals surface area (Å²) in [4.78, 5) is 30.0. The number of cyclic esters (lactones) is 1. The Morgan fingerprint density at radius 1 is 1.05 bits per heavy atom. The minimum Gasteiger partial charge on any atom is -0.503 e. The molecule has 0 unspecified atom stereocenters. The smallest absolute Gasteiger partial charge is 0.503 e. The summed E-state index contributed by atoms with van der Waals surface area (Å²) in [5.74, 6) is -2.76. The fourth-order valence-corrected chi connectivity index (χ4v) is 4.92. The molecule has 0 aliphatic carbocycles. The molecule has 1 aromatic heterocycles. The second-order valence-electron chi connectivity index (χ2n) is 9.93. The molecule has 1 aliphatic rings. The third-order valence-corrected chi connectivity index (χ3v) is 7.01. The van der Waals surface area contributed by atoms with E-state index in [2.05, 4.69) is 15.0 Å². The van der Waals surface area contributed by atoms with Crippen LogP contribution in [0, 0.1) is 11.8 Å². The van der Waals surface area contributed by atoms with Gasteiger partial charge in [-0.15, -0.1) is 13.2 Å². The first-order valence-corrected chi connectivity index (χ1v) is 13.2. The number of benzene rings is 2. The Morgan fingerprint density at radius 3 is 2.40 bits per heavy atom. The summed E-state index contributed by atoms with van der Waals surface area (Å²) in [6.45, 7) is 1.76. The topological polar surface area (TPSA) is 116 Å². The van der Waals surface area contributed by atoms with E-state index in [0.717, 1.165) is 11.1 Å². The number of carbonyl (C=O) groups is 2. The van der Waals surface area contributed by atoms with Crippen molar-refractivity contribution in [2.45, 2.75) is 38.3 Å². The number of alkyl halides is 3. The molecule has 1 aliphatic heterocycles. The number of amides is 1.